The summed E-state index contributed by atoms with van der Waals surface area (Å²) in [6.45, 7) is 3.05. The highest BCUT2D eigenvalue weighted by molar-refractivity contribution is 9.10. The van der Waals surface area contributed by atoms with Crippen LogP contribution in [0.2, 0.25) is 0 Å². The zero-order valence-corrected chi connectivity index (χ0v) is 9.75. The summed E-state index contributed by atoms with van der Waals surface area (Å²) in [6, 6.07) is 8.37. The van der Waals surface area contributed by atoms with Gasteiger partial charge in [-0.1, -0.05) is 28.1 Å². The molecule has 1 aliphatic heterocycles. The van der Waals surface area contributed by atoms with Gasteiger partial charge in [0.2, 0.25) is 0 Å². The van der Waals surface area contributed by atoms with Crippen molar-refractivity contribution in [2.75, 3.05) is 6.54 Å². The number of benzene rings is 1. The number of ether oxygens (including phenoxy) is 1. The molecule has 2 atom stereocenters. The first-order valence-electron chi connectivity index (χ1n) is 4.87. The van der Waals surface area contributed by atoms with Crippen LogP contribution in [-0.2, 0) is 11.2 Å². The fourth-order valence-electron chi connectivity index (χ4n) is 1.63. The monoisotopic (exact) mass is 255 g/mol. The van der Waals surface area contributed by atoms with Crippen LogP contribution in [0.3, 0.4) is 0 Å². The van der Waals surface area contributed by atoms with Gasteiger partial charge in [0, 0.05) is 17.4 Å². The molecule has 2 unspecified atom stereocenters. The molecule has 0 aliphatic carbocycles. The summed E-state index contributed by atoms with van der Waals surface area (Å²) >= 11 is 3.42. The molecule has 0 saturated carbocycles. The largest absolute Gasteiger partial charge is 0.359 e. The van der Waals surface area contributed by atoms with Crippen LogP contribution in [0.1, 0.15) is 12.5 Å². The van der Waals surface area contributed by atoms with Crippen molar-refractivity contribution >= 4 is 15.9 Å². The molecule has 0 spiro atoms. The van der Waals surface area contributed by atoms with Crippen LogP contribution in [0, 0.1) is 0 Å². The Balaban J connectivity index is 1.94. The van der Waals surface area contributed by atoms with Gasteiger partial charge in [-0.2, -0.15) is 0 Å². The topological polar surface area (TPSA) is 21.3 Å². The third-order valence-electron chi connectivity index (χ3n) is 2.36. The lowest BCUT2D eigenvalue weighted by Crippen LogP contribution is -2.24. The van der Waals surface area contributed by atoms with E-state index in [1.165, 1.54) is 5.56 Å². The SMILES string of the molecule is CC1CNC(Cc2ccc(Br)cc2)O1. The van der Waals surface area contributed by atoms with Crippen molar-refractivity contribution in [3.63, 3.8) is 0 Å². The molecule has 2 nitrogen and oxygen atoms in total. The Labute approximate surface area is 92.8 Å². The highest BCUT2D eigenvalue weighted by Gasteiger charge is 2.20. The summed E-state index contributed by atoms with van der Waals surface area (Å²) in [5.41, 5.74) is 1.31. The lowest BCUT2D eigenvalue weighted by Gasteiger charge is -2.10. The van der Waals surface area contributed by atoms with Crippen LogP contribution in [-0.4, -0.2) is 18.9 Å². The molecule has 1 N–H and O–H groups in total. The average molecular weight is 256 g/mol. The van der Waals surface area contributed by atoms with Crippen LogP contribution in [0.15, 0.2) is 28.7 Å². The molecular formula is C11H14BrNO. The van der Waals surface area contributed by atoms with Crippen molar-refractivity contribution in [1.82, 2.24) is 5.32 Å². The fraction of sp³-hybridized carbons (Fsp3) is 0.455. The maximum atomic E-state index is 5.67. The normalized spacial score (nSPS) is 26.7. The number of hydrogen-bond acceptors (Lipinski definition) is 2. The molecule has 0 bridgehead atoms. The predicted molar refractivity (Wildman–Crippen MR) is 60.2 cm³/mol. The Morgan fingerprint density at radius 1 is 1.43 bits per heavy atom. The Kier molecular flexibility index (Phi) is 3.21. The van der Waals surface area contributed by atoms with Crippen LogP contribution >= 0.6 is 15.9 Å². The van der Waals surface area contributed by atoms with Crippen LogP contribution in [0.4, 0.5) is 0 Å². The highest BCUT2D eigenvalue weighted by atomic mass is 79.9. The van der Waals surface area contributed by atoms with Crippen molar-refractivity contribution in [2.24, 2.45) is 0 Å². The Hall–Kier alpha value is -0.380. The van der Waals surface area contributed by atoms with E-state index in [2.05, 4.69) is 52.4 Å². The summed E-state index contributed by atoms with van der Waals surface area (Å²) in [7, 11) is 0. The Morgan fingerprint density at radius 2 is 2.14 bits per heavy atom. The second-order valence-corrected chi connectivity index (χ2v) is 4.59. The second kappa shape index (κ2) is 4.43. The third kappa shape index (κ3) is 2.56. The van der Waals surface area contributed by atoms with E-state index >= 15 is 0 Å². The van der Waals surface area contributed by atoms with Crippen LogP contribution in [0.25, 0.3) is 0 Å². The number of hydrogen-bond donors (Lipinski definition) is 1. The second-order valence-electron chi connectivity index (χ2n) is 3.67. The molecular weight excluding hydrogens is 242 g/mol. The van der Waals surface area contributed by atoms with E-state index in [0.717, 1.165) is 17.4 Å². The first-order chi connectivity index (χ1) is 6.74. The predicted octanol–water partition coefficient (Wildman–Crippen LogP) is 2.33. The Bertz CT molecular complexity index is 299. The van der Waals surface area contributed by atoms with E-state index in [1.54, 1.807) is 0 Å². The van der Waals surface area contributed by atoms with E-state index in [-0.39, 0.29) is 6.23 Å². The zero-order valence-electron chi connectivity index (χ0n) is 8.16. The smallest absolute Gasteiger partial charge is 0.112 e. The fourth-order valence-corrected chi connectivity index (χ4v) is 1.89. The minimum atomic E-state index is 0.186. The van der Waals surface area contributed by atoms with Gasteiger partial charge in [0.05, 0.1) is 6.10 Å². The van der Waals surface area contributed by atoms with Gasteiger partial charge in [-0.05, 0) is 24.6 Å². The minimum Gasteiger partial charge on any atom is -0.359 e. The molecule has 1 heterocycles. The molecule has 3 heteroatoms. The van der Waals surface area contributed by atoms with Gasteiger partial charge in [0.15, 0.2) is 0 Å². The van der Waals surface area contributed by atoms with Crippen molar-refractivity contribution in [3.05, 3.63) is 34.3 Å². The van der Waals surface area contributed by atoms with Crippen LogP contribution < -0.4 is 5.32 Å². The van der Waals surface area contributed by atoms with E-state index < -0.39 is 0 Å². The lowest BCUT2D eigenvalue weighted by molar-refractivity contribution is 0.0520. The summed E-state index contributed by atoms with van der Waals surface area (Å²) in [5, 5.41) is 3.34. The summed E-state index contributed by atoms with van der Waals surface area (Å²) < 4.78 is 6.79. The van der Waals surface area contributed by atoms with E-state index in [0.29, 0.717) is 6.10 Å². The van der Waals surface area contributed by atoms with Crippen LogP contribution in [0.5, 0.6) is 0 Å². The van der Waals surface area contributed by atoms with Crippen molar-refractivity contribution in [1.29, 1.82) is 0 Å². The molecule has 76 valence electrons. The average Bonchev–Trinajstić information content (AvgIpc) is 2.56. The first kappa shape index (κ1) is 10.1. The molecule has 1 saturated heterocycles. The summed E-state index contributed by atoms with van der Waals surface area (Å²) in [5.74, 6) is 0. The maximum Gasteiger partial charge on any atom is 0.112 e. The molecule has 0 amide bonds. The molecule has 0 aromatic heterocycles. The molecule has 1 aromatic rings. The van der Waals surface area contributed by atoms with Crippen molar-refractivity contribution in [3.8, 4) is 0 Å². The summed E-state index contributed by atoms with van der Waals surface area (Å²) in [6.07, 6.45) is 1.47. The van der Waals surface area contributed by atoms with Gasteiger partial charge in [-0.15, -0.1) is 0 Å². The van der Waals surface area contributed by atoms with Gasteiger partial charge in [0.1, 0.15) is 6.23 Å². The van der Waals surface area contributed by atoms with E-state index in [4.69, 9.17) is 4.74 Å². The van der Waals surface area contributed by atoms with E-state index in [9.17, 15) is 0 Å². The molecule has 2 rings (SSSR count). The quantitative estimate of drug-likeness (QED) is 0.876. The van der Waals surface area contributed by atoms with Gasteiger partial charge in [-0.3, -0.25) is 5.32 Å². The molecule has 14 heavy (non-hydrogen) atoms. The molecule has 1 aromatic carbocycles. The number of halogens is 1. The molecule has 1 fully saturated rings. The van der Waals surface area contributed by atoms with Crippen molar-refractivity contribution in [2.45, 2.75) is 25.7 Å². The standard InChI is InChI=1S/C11H14BrNO/c1-8-7-13-11(14-8)6-9-2-4-10(12)5-3-9/h2-5,8,11,13H,6-7H2,1H3. The maximum absolute atomic E-state index is 5.67. The third-order valence-corrected chi connectivity index (χ3v) is 2.89. The number of nitrogens with one attached hydrogen (secondary N) is 1. The minimum absolute atomic E-state index is 0.186. The van der Waals surface area contributed by atoms with Gasteiger partial charge in [-0.25, -0.2) is 0 Å². The molecule has 0 radical (unpaired) electrons. The van der Waals surface area contributed by atoms with Gasteiger partial charge in [0.25, 0.3) is 0 Å². The van der Waals surface area contributed by atoms with E-state index in [1.807, 2.05) is 0 Å². The first-order valence-corrected chi connectivity index (χ1v) is 5.66. The van der Waals surface area contributed by atoms with Crippen molar-refractivity contribution < 1.29 is 4.74 Å². The highest BCUT2D eigenvalue weighted by Crippen LogP contribution is 2.14. The summed E-state index contributed by atoms with van der Waals surface area (Å²) in [4.78, 5) is 0. The van der Waals surface area contributed by atoms with Gasteiger partial charge < -0.3 is 4.74 Å². The van der Waals surface area contributed by atoms with Gasteiger partial charge >= 0.3 is 0 Å². The zero-order chi connectivity index (χ0) is 9.97. The molecule has 1 aliphatic rings. The number of rotatable bonds is 2. The lowest BCUT2D eigenvalue weighted by atomic mass is 10.1. The Morgan fingerprint density at radius 3 is 2.71 bits per heavy atom.